The van der Waals surface area contributed by atoms with Crippen molar-refractivity contribution < 1.29 is 4.79 Å². The Morgan fingerprint density at radius 1 is 1.38 bits per heavy atom. The third-order valence-corrected chi connectivity index (χ3v) is 3.35. The maximum absolute atomic E-state index is 11.8. The average Bonchev–Trinajstić information content (AvgIpc) is 2.25. The van der Waals surface area contributed by atoms with Gasteiger partial charge >= 0.3 is 6.03 Å². The SMILES string of the molecule is CCN(CC)C(=O)Nc1ccc(Br)c(C)c1. The predicted octanol–water partition coefficient (Wildman–Crippen LogP) is 3.63. The van der Waals surface area contributed by atoms with Crippen molar-refractivity contribution in [2.24, 2.45) is 0 Å². The fraction of sp³-hybridized carbons (Fsp3) is 0.417. The second-order valence-corrected chi connectivity index (χ2v) is 4.42. The number of carbonyl (C=O) groups is 1. The summed E-state index contributed by atoms with van der Waals surface area (Å²) in [4.78, 5) is 13.5. The highest BCUT2D eigenvalue weighted by atomic mass is 79.9. The Hall–Kier alpha value is -1.03. The van der Waals surface area contributed by atoms with Gasteiger partial charge in [-0.05, 0) is 44.5 Å². The highest BCUT2D eigenvalue weighted by Crippen LogP contribution is 2.20. The zero-order valence-corrected chi connectivity index (χ0v) is 11.5. The molecule has 3 nitrogen and oxygen atoms in total. The summed E-state index contributed by atoms with van der Waals surface area (Å²) in [6.07, 6.45) is 0. The van der Waals surface area contributed by atoms with Gasteiger partial charge in [-0.2, -0.15) is 0 Å². The Kier molecular flexibility index (Phi) is 4.80. The molecule has 0 heterocycles. The summed E-state index contributed by atoms with van der Waals surface area (Å²) in [7, 11) is 0. The lowest BCUT2D eigenvalue weighted by Gasteiger charge is -2.19. The number of nitrogens with one attached hydrogen (secondary N) is 1. The van der Waals surface area contributed by atoms with Gasteiger partial charge in [0.05, 0.1) is 0 Å². The molecular weight excluding hydrogens is 268 g/mol. The Morgan fingerprint density at radius 2 is 2.00 bits per heavy atom. The van der Waals surface area contributed by atoms with Crippen LogP contribution < -0.4 is 5.32 Å². The number of amides is 2. The van der Waals surface area contributed by atoms with Crippen molar-refractivity contribution in [3.05, 3.63) is 28.2 Å². The van der Waals surface area contributed by atoms with E-state index in [0.29, 0.717) is 0 Å². The molecule has 0 aromatic heterocycles. The van der Waals surface area contributed by atoms with Gasteiger partial charge in [0.25, 0.3) is 0 Å². The fourth-order valence-corrected chi connectivity index (χ4v) is 1.68. The average molecular weight is 285 g/mol. The van der Waals surface area contributed by atoms with Crippen LogP contribution >= 0.6 is 15.9 Å². The van der Waals surface area contributed by atoms with E-state index in [9.17, 15) is 4.79 Å². The van der Waals surface area contributed by atoms with E-state index in [1.165, 1.54) is 0 Å². The Balaban J connectivity index is 2.73. The first-order valence-corrected chi connectivity index (χ1v) is 6.19. The lowest BCUT2D eigenvalue weighted by molar-refractivity contribution is 0.217. The van der Waals surface area contributed by atoms with Crippen molar-refractivity contribution in [3.63, 3.8) is 0 Å². The largest absolute Gasteiger partial charge is 0.325 e. The van der Waals surface area contributed by atoms with Gasteiger partial charge in [0.1, 0.15) is 0 Å². The number of benzene rings is 1. The quantitative estimate of drug-likeness (QED) is 0.903. The van der Waals surface area contributed by atoms with E-state index in [2.05, 4.69) is 21.2 Å². The first-order valence-electron chi connectivity index (χ1n) is 5.40. The number of hydrogen-bond acceptors (Lipinski definition) is 1. The lowest BCUT2D eigenvalue weighted by Crippen LogP contribution is -2.34. The van der Waals surface area contributed by atoms with Crippen molar-refractivity contribution in [3.8, 4) is 0 Å². The molecule has 1 N–H and O–H groups in total. The summed E-state index contributed by atoms with van der Waals surface area (Å²) in [5, 5.41) is 2.88. The smallest absolute Gasteiger partial charge is 0.321 e. The van der Waals surface area contributed by atoms with E-state index in [0.717, 1.165) is 28.8 Å². The van der Waals surface area contributed by atoms with Crippen LogP contribution in [0.4, 0.5) is 10.5 Å². The molecule has 0 spiro atoms. The third kappa shape index (κ3) is 3.23. The summed E-state index contributed by atoms with van der Waals surface area (Å²) in [6, 6.07) is 5.73. The van der Waals surface area contributed by atoms with Gasteiger partial charge < -0.3 is 10.2 Å². The molecule has 16 heavy (non-hydrogen) atoms. The molecule has 0 unspecified atom stereocenters. The molecule has 0 atom stereocenters. The van der Waals surface area contributed by atoms with Crippen molar-refractivity contribution >= 4 is 27.6 Å². The van der Waals surface area contributed by atoms with Crippen LogP contribution in [0.15, 0.2) is 22.7 Å². The number of nitrogens with zero attached hydrogens (tertiary/aromatic N) is 1. The monoisotopic (exact) mass is 284 g/mol. The Morgan fingerprint density at radius 3 is 2.50 bits per heavy atom. The molecule has 2 amide bonds. The van der Waals surface area contributed by atoms with E-state index >= 15 is 0 Å². The maximum Gasteiger partial charge on any atom is 0.321 e. The second kappa shape index (κ2) is 5.89. The van der Waals surface area contributed by atoms with Crippen LogP contribution in [0.25, 0.3) is 0 Å². The summed E-state index contributed by atoms with van der Waals surface area (Å²) >= 11 is 3.43. The molecule has 0 saturated heterocycles. The molecular formula is C12H17BrN2O. The first-order chi connectivity index (χ1) is 7.58. The van der Waals surface area contributed by atoms with Crippen LogP contribution in [0.3, 0.4) is 0 Å². The summed E-state index contributed by atoms with van der Waals surface area (Å²) in [5.74, 6) is 0. The molecule has 0 aliphatic carbocycles. The molecule has 88 valence electrons. The molecule has 0 fully saturated rings. The van der Waals surface area contributed by atoms with Gasteiger partial charge in [0.15, 0.2) is 0 Å². The normalized spacial score (nSPS) is 10.0. The van der Waals surface area contributed by atoms with Gasteiger partial charge in [0, 0.05) is 23.2 Å². The molecule has 1 aromatic carbocycles. The van der Waals surface area contributed by atoms with E-state index < -0.39 is 0 Å². The minimum Gasteiger partial charge on any atom is -0.325 e. The highest BCUT2D eigenvalue weighted by molar-refractivity contribution is 9.10. The number of urea groups is 1. The lowest BCUT2D eigenvalue weighted by atomic mass is 10.2. The van der Waals surface area contributed by atoms with Crippen LogP contribution in [0.2, 0.25) is 0 Å². The van der Waals surface area contributed by atoms with Gasteiger partial charge in [-0.1, -0.05) is 15.9 Å². The van der Waals surface area contributed by atoms with Gasteiger partial charge in [-0.3, -0.25) is 0 Å². The topological polar surface area (TPSA) is 32.3 Å². The summed E-state index contributed by atoms with van der Waals surface area (Å²) in [6.45, 7) is 7.37. The predicted molar refractivity (Wildman–Crippen MR) is 70.8 cm³/mol. The highest BCUT2D eigenvalue weighted by Gasteiger charge is 2.09. The van der Waals surface area contributed by atoms with E-state index in [4.69, 9.17) is 0 Å². The number of halogens is 1. The molecule has 0 aliphatic rings. The molecule has 0 saturated carbocycles. The number of aryl methyl sites for hydroxylation is 1. The van der Waals surface area contributed by atoms with E-state index in [1.54, 1.807) is 4.90 Å². The maximum atomic E-state index is 11.8. The molecule has 0 bridgehead atoms. The standard InChI is InChI=1S/C12H17BrN2O/c1-4-15(5-2)12(16)14-10-6-7-11(13)9(3)8-10/h6-8H,4-5H2,1-3H3,(H,14,16). The molecule has 0 radical (unpaired) electrons. The third-order valence-electron chi connectivity index (χ3n) is 2.46. The van der Waals surface area contributed by atoms with Crippen molar-refractivity contribution in [2.75, 3.05) is 18.4 Å². The van der Waals surface area contributed by atoms with Crippen molar-refractivity contribution in [2.45, 2.75) is 20.8 Å². The van der Waals surface area contributed by atoms with Crippen molar-refractivity contribution in [1.82, 2.24) is 4.90 Å². The number of anilines is 1. The summed E-state index contributed by atoms with van der Waals surface area (Å²) in [5.41, 5.74) is 1.94. The minimum atomic E-state index is -0.0493. The number of hydrogen-bond donors (Lipinski definition) is 1. The van der Waals surface area contributed by atoms with E-state index in [-0.39, 0.29) is 6.03 Å². The van der Waals surface area contributed by atoms with Crippen LogP contribution in [-0.2, 0) is 0 Å². The van der Waals surface area contributed by atoms with Crippen LogP contribution in [-0.4, -0.2) is 24.0 Å². The zero-order valence-electron chi connectivity index (χ0n) is 9.88. The zero-order chi connectivity index (χ0) is 12.1. The van der Waals surface area contributed by atoms with E-state index in [1.807, 2.05) is 39.0 Å². The van der Waals surface area contributed by atoms with Gasteiger partial charge in [-0.25, -0.2) is 4.79 Å². The molecule has 0 aliphatic heterocycles. The Labute approximate surface area is 105 Å². The first kappa shape index (κ1) is 13.0. The number of carbonyl (C=O) groups excluding carboxylic acids is 1. The van der Waals surface area contributed by atoms with Crippen LogP contribution in [0.5, 0.6) is 0 Å². The minimum absolute atomic E-state index is 0.0493. The fourth-order valence-electron chi connectivity index (χ4n) is 1.44. The second-order valence-electron chi connectivity index (χ2n) is 3.57. The molecule has 4 heteroatoms. The van der Waals surface area contributed by atoms with Gasteiger partial charge in [-0.15, -0.1) is 0 Å². The van der Waals surface area contributed by atoms with Crippen molar-refractivity contribution in [1.29, 1.82) is 0 Å². The van der Waals surface area contributed by atoms with Crippen LogP contribution in [0.1, 0.15) is 19.4 Å². The Bertz CT molecular complexity index is 375. The molecule has 1 aromatic rings. The molecule has 1 rings (SSSR count). The summed E-state index contributed by atoms with van der Waals surface area (Å²) < 4.78 is 1.05. The van der Waals surface area contributed by atoms with Crippen LogP contribution in [0, 0.1) is 6.92 Å². The van der Waals surface area contributed by atoms with Gasteiger partial charge in [0.2, 0.25) is 0 Å². The number of rotatable bonds is 3.